The molecule has 88 valence electrons. The van der Waals surface area contributed by atoms with Crippen molar-refractivity contribution in [1.82, 2.24) is 10.3 Å². The third-order valence-corrected chi connectivity index (χ3v) is 2.54. The van der Waals surface area contributed by atoms with Crippen LogP contribution in [0.25, 0.3) is 0 Å². The van der Waals surface area contributed by atoms with Crippen molar-refractivity contribution in [3.8, 4) is 0 Å². The molecular formula is C9H13N3O3S. The van der Waals surface area contributed by atoms with Crippen LogP contribution < -0.4 is 10.6 Å². The summed E-state index contributed by atoms with van der Waals surface area (Å²) in [6, 6.07) is -0.730. The molecule has 7 heteroatoms. The van der Waals surface area contributed by atoms with Gasteiger partial charge in [0.05, 0.1) is 0 Å². The van der Waals surface area contributed by atoms with Gasteiger partial charge >= 0.3 is 6.09 Å². The topological polar surface area (TPSA) is 91.3 Å². The minimum Gasteiger partial charge on any atom is -0.465 e. The van der Waals surface area contributed by atoms with Crippen LogP contribution in [0, 0.1) is 0 Å². The summed E-state index contributed by atoms with van der Waals surface area (Å²) in [5, 5.41) is 15.5. The van der Waals surface area contributed by atoms with Gasteiger partial charge in [-0.2, -0.15) is 0 Å². The number of hydrogen-bond donors (Lipinski definition) is 3. The quantitative estimate of drug-likeness (QED) is 0.731. The summed E-state index contributed by atoms with van der Waals surface area (Å²) in [4.78, 5) is 26.0. The molecule has 1 aromatic rings. The summed E-state index contributed by atoms with van der Waals surface area (Å²) in [6.45, 7) is 1.88. The van der Waals surface area contributed by atoms with Crippen LogP contribution in [0.2, 0.25) is 0 Å². The Bertz CT molecular complexity index is 353. The largest absolute Gasteiger partial charge is 0.465 e. The molecule has 0 radical (unpaired) electrons. The standard InChI is InChI=1S/C9H13N3O3S/c1-2-3-6(11-9(14)15)7(13)12-8-10-4-5-16-8/h4-6,11H,2-3H2,1H3,(H,14,15)(H,10,12,13). The summed E-state index contributed by atoms with van der Waals surface area (Å²) in [7, 11) is 0. The number of anilines is 1. The minimum absolute atomic E-state index is 0.376. The molecule has 1 heterocycles. The van der Waals surface area contributed by atoms with Crippen molar-refractivity contribution < 1.29 is 14.7 Å². The van der Waals surface area contributed by atoms with E-state index in [2.05, 4.69) is 15.6 Å². The Balaban J connectivity index is 2.56. The second kappa shape index (κ2) is 6.06. The molecule has 0 aliphatic rings. The zero-order valence-corrected chi connectivity index (χ0v) is 9.58. The smallest absolute Gasteiger partial charge is 0.405 e. The van der Waals surface area contributed by atoms with Crippen LogP contribution in [0.3, 0.4) is 0 Å². The van der Waals surface area contributed by atoms with Gasteiger partial charge in [0.2, 0.25) is 5.91 Å². The minimum atomic E-state index is -1.20. The van der Waals surface area contributed by atoms with Crippen molar-refractivity contribution in [2.45, 2.75) is 25.8 Å². The molecule has 3 N–H and O–H groups in total. The maximum atomic E-state index is 11.7. The van der Waals surface area contributed by atoms with Gasteiger partial charge in [-0.3, -0.25) is 4.79 Å². The fraction of sp³-hybridized carbons (Fsp3) is 0.444. The Hall–Kier alpha value is -1.63. The predicted octanol–water partition coefficient (Wildman–Crippen LogP) is 1.52. The molecule has 0 bridgehead atoms. The average Bonchev–Trinajstić information content (AvgIpc) is 2.69. The molecule has 6 nitrogen and oxygen atoms in total. The lowest BCUT2D eigenvalue weighted by atomic mass is 10.1. The third-order valence-electron chi connectivity index (χ3n) is 1.85. The second-order valence-corrected chi connectivity index (χ2v) is 4.01. The van der Waals surface area contributed by atoms with Crippen LogP contribution >= 0.6 is 11.3 Å². The number of hydrogen-bond acceptors (Lipinski definition) is 4. The van der Waals surface area contributed by atoms with Crippen molar-refractivity contribution in [3.63, 3.8) is 0 Å². The summed E-state index contributed by atoms with van der Waals surface area (Å²) in [5.41, 5.74) is 0. The molecule has 1 atom stereocenters. The Morgan fingerprint density at radius 3 is 2.88 bits per heavy atom. The summed E-state index contributed by atoms with van der Waals surface area (Å²) in [5.74, 6) is -0.376. The highest BCUT2D eigenvalue weighted by molar-refractivity contribution is 7.13. The van der Waals surface area contributed by atoms with Crippen LogP contribution in [0.1, 0.15) is 19.8 Å². The van der Waals surface area contributed by atoms with Crippen LogP contribution in [0.15, 0.2) is 11.6 Å². The van der Waals surface area contributed by atoms with Crippen molar-refractivity contribution in [2.75, 3.05) is 5.32 Å². The number of carbonyl (C=O) groups excluding carboxylic acids is 1. The number of amides is 2. The summed E-state index contributed by atoms with van der Waals surface area (Å²) < 4.78 is 0. The van der Waals surface area contributed by atoms with Crippen molar-refractivity contribution >= 4 is 28.5 Å². The van der Waals surface area contributed by atoms with E-state index in [1.807, 2.05) is 6.92 Å². The number of nitrogens with zero attached hydrogens (tertiary/aromatic N) is 1. The molecule has 0 fully saturated rings. The maximum Gasteiger partial charge on any atom is 0.405 e. The Morgan fingerprint density at radius 1 is 1.62 bits per heavy atom. The van der Waals surface area contributed by atoms with E-state index in [1.54, 1.807) is 11.6 Å². The van der Waals surface area contributed by atoms with Gasteiger partial charge < -0.3 is 15.7 Å². The Kier molecular flexibility index (Phi) is 4.71. The summed E-state index contributed by atoms with van der Waals surface area (Å²) in [6.07, 6.45) is 1.55. The van der Waals surface area contributed by atoms with E-state index in [9.17, 15) is 9.59 Å². The molecule has 16 heavy (non-hydrogen) atoms. The van der Waals surface area contributed by atoms with E-state index in [1.165, 1.54) is 11.3 Å². The van der Waals surface area contributed by atoms with Crippen molar-refractivity contribution in [3.05, 3.63) is 11.6 Å². The highest BCUT2D eigenvalue weighted by atomic mass is 32.1. The van der Waals surface area contributed by atoms with Crippen molar-refractivity contribution in [2.24, 2.45) is 0 Å². The van der Waals surface area contributed by atoms with E-state index in [4.69, 9.17) is 5.11 Å². The van der Waals surface area contributed by atoms with Gasteiger partial charge in [0, 0.05) is 11.6 Å². The molecule has 1 unspecified atom stereocenters. The zero-order chi connectivity index (χ0) is 12.0. The lowest BCUT2D eigenvalue weighted by Crippen LogP contribution is -2.43. The maximum absolute atomic E-state index is 11.7. The Morgan fingerprint density at radius 2 is 2.38 bits per heavy atom. The van der Waals surface area contributed by atoms with Gasteiger partial charge in [0.15, 0.2) is 5.13 Å². The fourth-order valence-electron chi connectivity index (χ4n) is 1.18. The first-order valence-corrected chi connectivity index (χ1v) is 5.71. The van der Waals surface area contributed by atoms with Crippen LogP contribution in [0.4, 0.5) is 9.93 Å². The van der Waals surface area contributed by atoms with Gasteiger partial charge in [-0.15, -0.1) is 11.3 Å². The zero-order valence-electron chi connectivity index (χ0n) is 8.77. The number of nitrogens with one attached hydrogen (secondary N) is 2. The molecule has 0 saturated carbocycles. The molecule has 0 aliphatic heterocycles. The third kappa shape index (κ3) is 3.85. The monoisotopic (exact) mass is 243 g/mol. The first-order valence-electron chi connectivity index (χ1n) is 4.83. The second-order valence-electron chi connectivity index (χ2n) is 3.12. The number of carbonyl (C=O) groups is 2. The van der Waals surface area contributed by atoms with Gasteiger partial charge in [0.1, 0.15) is 6.04 Å². The first kappa shape index (κ1) is 12.4. The van der Waals surface area contributed by atoms with Gasteiger partial charge in [-0.25, -0.2) is 9.78 Å². The highest BCUT2D eigenvalue weighted by Gasteiger charge is 2.19. The molecular weight excluding hydrogens is 230 g/mol. The van der Waals surface area contributed by atoms with E-state index >= 15 is 0 Å². The van der Waals surface area contributed by atoms with E-state index in [0.29, 0.717) is 11.6 Å². The number of thiazole rings is 1. The highest BCUT2D eigenvalue weighted by Crippen LogP contribution is 2.11. The predicted molar refractivity (Wildman–Crippen MR) is 60.6 cm³/mol. The molecule has 0 spiro atoms. The van der Waals surface area contributed by atoms with Gasteiger partial charge in [0.25, 0.3) is 0 Å². The van der Waals surface area contributed by atoms with E-state index < -0.39 is 12.1 Å². The number of carboxylic acid groups (broad SMARTS) is 1. The van der Waals surface area contributed by atoms with Crippen LogP contribution in [-0.2, 0) is 4.79 Å². The first-order chi connectivity index (χ1) is 7.63. The van der Waals surface area contributed by atoms with Crippen LogP contribution in [0.5, 0.6) is 0 Å². The van der Waals surface area contributed by atoms with Crippen molar-refractivity contribution in [1.29, 1.82) is 0 Å². The number of aromatic nitrogens is 1. The average molecular weight is 243 g/mol. The molecule has 0 aliphatic carbocycles. The summed E-state index contributed by atoms with van der Waals surface area (Å²) >= 11 is 1.29. The molecule has 1 aromatic heterocycles. The van der Waals surface area contributed by atoms with Gasteiger partial charge in [-0.05, 0) is 6.42 Å². The van der Waals surface area contributed by atoms with Crippen LogP contribution in [-0.4, -0.2) is 28.1 Å². The molecule has 1 rings (SSSR count). The van der Waals surface area contributed by atoms with E-state index in [0.717, 1.165) is 6.42 Å². The molecule has 0 aromatic carbocycles. The Labute approximate surface area is 96.7 Å². The lowest BCUT2D eigenvalue weighted by Gasteiger charge is -2.14. The van der Waals surface area contributed by atoms with Gasteiger partial charge in [-0.1, -0.05) is 13.3 Å². The lowest BCUT2D eigenvalue weighted by molar-refractivity contribution is -0.118. The molecule has 2 amide bonds. The normalized spacial score (nSPS) is 11.8. The SMILES string of the molecule is CCCC(NC(=O)O)C(=O)Nc1nccs1. The van der Waals surface area contributed by atoms with E-state index in [-0.39, 0.29) is 5.91 Å². The molecule has 0 saturated heterocycles. The fourth-order valence-corrected chi connectivity index (χ4v) is 1.72. The number of rotatable bonds is 5.